The fourth-order valence-corrected chi connectivity index (χ4v) is 1.58. The number of benzene rings is 1. The lowest BCUT2D eigenvalue weighted by Gasteiger charge is -2.18. The van der Waals surface area contributed by atoms with Gasteiger partial charge in [0.2, 0.25) is 0 Å². The van der Waals surface area contributed by atoms with E-state index in [9.17, 15) is 0 Å². The van der Waals surface area contributed by atoms with Crippen LogP contribution in [0.15, 0.2) is 24.3 Å². The van der Waals surface area contributed by atoms with Gasteiger partial charge in [-0.1, -0.05) is 19.1 Å². The summed E-state index contributed by atoms with van der Waals surface area (Å²) in [4.78, 5) is 0. The highest BCUT2D eigenvalue weighted by Gasteiger charge is 2.09. The third-order valence-electron chi connectivity index (χ3n) is 2.39. The van der Waals surface area contributed by atoms with Gasteiger partial charge < -0.3 is 14.8 Å². The highest BCUT2D eigenvalue weighted by Crippen LogP contribution is 2.15. The summed E-state index contributed by atoms with van der Waals surface area (Å²) in [5.74, 6) is 0.914. The van der Waals surface area contributed by atoms with Crippen molar-refractivity contribution in [3.05, 3.63) is 29.8 Å². The third-order valence-corrected chi connectivity index (χ3v) is 2.39. The van der Waals surface area contributed by atoms with E-state index in [-0.39, 0.29) is 6.10 Å². The first-order valence-corrected chi connectivity index (χ1v) is 5.69. The number of ether oxygens (including phenoxy) is 2. The highest BCUT2D eigenvalue weighted by atomic mass is 16.5. The van der Waals surface area contributed by atoms with Gasteiger partial charge in [-0.25, -0.2) is 0 Å². The van der Waals surface area contributed by atoms with E-state index >= 15 is 0 Å². The van der Waals surface area contributed by atoms with E-state index in [1.807, 2.05) is 19.2 Å². The Bertz CT molecular complexity index is 296. The first-order valence-electron chi connectivity index (χ1n) is 5.69. The van der Waals surface area contributed by atoms with Crippen LogP contribution in [0, 0.1) is 0 Å². The number of aryl methyl sites for hydroxylation is 1. The predicted octanol–water partition coefficient (Wildman–Crippen LogP) is 1.86. The fraction of sp³-hybridized carbons (Fsp3) is 0.538. The van der Waals surface area contributed by atoms with E-state index < -0.39 is 0 Å². The van der Waals surface area contributed by atoms with Crippen LogP contribution in [0.5, 0.6) is 5.75 Å². The molecule has 0 saturated carbocycles. The van der Waals surface area contributed by atoms with Crippen LogP contribution >= 0.6 is 0 Å². The monoisotopic (exact) mass is 223 g/mol. The van der Waals surface area contributed by atoms with Crippen LogP contribution in [0.25, 0.3) is 0 Å². The van der Waals surface area contributed by atoms with Crippen LogP contribution in [0.1, 0.15) is 12.5 Å². The van der Waals surface area contributed by atoms with Crippen molar-refractivity contribution in [3.8, 4) is 5.75 Å². The Labute approximate surface area is 97.8 Å². The van der Waals surface area contributed by atoms with Gasteiger partial charge in [-0.3, -0.25) is 0 Å². The fourth-order valence-electron chi connectivity index (χ4n) is 1.58. The molecule has 0 amide bonds. The second kappa shape index (κ2) is 7.25. The van der Waals surface area contributed by atoms with Crippen molar-refractivity contribution in [1.82, 2.24) is 5.32 Å². The second-order valence-electron chi connectivity index (χ2n) is 3.75. The quantitative estimate of drug-likeness (QED) is 0.765. The van der Waals surface area contributed by atoms with E-state index in [1.54, 1.807) is 7.11 Å². The molecule has 0 bridgehead atoms. The first-order chi connectivity index (χ1) is 7.80. The standard InChI is InChI=1S/C13H21NO2/c1-4-11-6-5-7-12(8-11)16-13(9-14-2)10-15-3/h5-8,13-14H,4,9-10H2,1-3H3. The Morgan fingerprint density at radius 1 is 1.38 bits per heavy atom. The molecule has 0 saturated heterocycles. The van der Waals surface area contributed by atoms with Crippen LogP contribution in [-0.4, -0.2) is 33.4 Å². The van der Waals surface area contributed by atoms with Gasteiger partial charge in [0, 0.05) is 13.7 Å². The summed E-state index contributed by atoms with van der Waals surface area (Å²) < 4.78 is 11.0. The number of methoxy groups -OCH3 is 1. The molecule has 0 spiro atoms. The largest absolute Gasteiger partial charge is 0.487 e. The molecule has 0 aliphatic heterocycles. The number of likely N-dealkylation sites (N-methyl/N-ethyl adjacent to an activating group) is 1. The summed E-state index contributed by atoms with van der Waals surface area (Å²) in [6.07, 6.45) is 1.08. The topological polar surface area (TPSA) is 30.5 Å². The number of rotatable bonds is 7. The van der Waals surface area contributed by atoms with Crippen LogP contribution in [0.4, 0.5) is 0 Å². The zero-order valence-electron chi connectivity index (χ0n) is 10.3. The van der Waals surface area contributed by atoms with Crippen molar-refractivity contribution in [3.63, 3.8) is 0 Å². The van der Waals surface area contributed by atoms with Gasteiger partial charge in [0.25, 0.3) is 0 Å². The molecule has 1 unspecified atom stereocenters. The van der Waals surface area contributed by atoms with Crippen molar-refractivity contribution < 1.29 is 9.47 Å². The van der Waals surface area contributed by atoms with Gasteiger partial charge in [-0.2, -0.15) is 0 Å². The summed E-state index contributed by atoms with van der Waals surface area (Å²) in [7, 11) is 3.60. The Morgan fingerprint density at radius 3 is 2.81 bits per heavy atom. The second-order valence-corrected chi connectivity index (χ2v) is 3.75. The maximum absolute atomic E-state index is 5.85. The van der Waals surface area contributed by atoms with E-state index in [4.69, 9.17) is 9.47 Å². The molecule has 0 fully saturated rings. The molecule has 90 valence electrons. The van der Waals surface area contributed by atoms with Crippen molar-refractivity contribution in [2.45, 2.75) is 19.4 Å². The smallest absolute Gasteiger partial charge is 0.134 e. The molecule has 1 N–H and O–H groups in total. The van der Waals surface area contributed by atoms with Gasteiger partial charge in [0.05, 0.1) is 6.61 Å². The summed E-state index contributed by atoms with van der Waals surface area (Å²) in [6.45, 7) is 3.51. The van der Waals surface area contributed by atoms with E-state index in [0.717, 1.165) is 18.7 Å². The van der Waals surface area contributed by atoms with Crippen LogP contribution in [-0.2, 0) is 11.2 Å². The Kier molecular flexibility index (Phi) is 5.90. The molecule has 0 heterocycles. The molecule has 0 aliphatic carbocycles. The Morgan fingerprint density at radius 2 is 2.19 bits per heavy atom. The summed E-state index contributed by atoms with van der Waals surface area (Å²) in [5, 5.41) is 3.10. The Hall–Kier alpha value is -1.06. The molecule has 1 rings (SSSR count). The lowest BCUT2D eigenvalue weighted by molar-refractivity contribution is 0.0818. The zero-order chi connectivity index (χ0) is 11.8. The first kappa shape index (κ1) is 13.0. The molecule has 16 heavy (non-hydrogen) atoms. The SMILES string of the molecule is CCc1cccc(OC(CNC)COC)c1. The molecule has 0 aromatic heterocycles. The molecule has 3 heteroatoms. The summed E-state index contributed by atoms with van der Waals surface area (Å²) >= 11 is 0. The third kappa shape index (κ3) is 4.21. The molecule has 0 radical (unpaired) electrons. The lowest BCUT2D eigenvalue weighted by atomic mass is 10.2. The number of hydrogen-bond donors (Lipinski definition) is 1. The van der Waals surface area contributed by atoms with Crippen LogP contribution in [0.3, 0.4) is 0 Å². The van der Waals surface area contributed by atoms with E-state index in [2.05, 4.69) is 24.4 Å². The van der Waals surface area contributed by atoms with Crippen molar-refractivity contribution >= 4 is 0 Å². The van der Waals surface area contributed by atoms with Crippen molar-refractivity contribution in [2.75, 3.05) is 27.3 Å². The predicted molar refractivity (Wildman–Crippen MR) is 66.0 cm³/mol. The molecular formula is C13H21NO2. The van der Waals surface area contributed by atoms with Crippen LogP contribution in [0.2, 0.25) is 0 Å². The molecule has 1 aromatic carbocycles. The minimum absolute atomic E-state index is 0.0575. The van der Waals surface area contributed by atoms with Gasteiger partial charge in [0.15, 0.2) is 0 Å². The minimum Gasteiger partial charge on any atom is -0.487 e. The molecule has 1 atom stereocenters. The van der Waals surface area contributed by atoms with Crippen molar-refractivity contribution in [2.24, 2.45) is 0 Å². The van der Waals surface area contributed by atoms with Crippen LogP contribution < -0.4 is 10.1 Å². The molecular weight excluding hydrogens is 202 g/mol. The number of nitrogens with one attached hydrogen (secondary N) is 1. The highest BCUT2D eigenvalue weighted by molar-refractivity contribution is 5.28. The summed E-state index contributed by atoms with van der Waals surface area (Å²) in [6, 6.07) is 8.20. The van der Waals surface area contributed by atoms with E-state index in [1.165, 1.54) is 5.56 Å². The van der Waals surface area contributed by atoms with E-state index in [0.29, 0.717) is 6.61 Å². The normalized spacial score (nSPS) is 12.4. The zero-order valence-corrected chi connectivity index (χ0v) is 10.3. The average molecular weight is 223 g/mol. The van der Waals surface area contributed by atoms with Gasteiger partial charge in [0.1, 0.15) is 11.9 Å². The molecule has 1 aromatic rings. The molecule has 3 nitrogen and oxygen atoms in total. The minimum atomic E-state index is 0.0575. The number of hydrogen-bond acceptors (Lipinski definition) is 3. The van der Waals surface area contributed by atoms with Gasteiger partial charge >= 0.3 is 0 Å². The maximum Gasteiger partial charge on any atom is 0.134 e. The molecule has 0 aliphatic rings. The van der Waals surface area contributed by atoms with Gasteiger partial charge in [-0.15, -0.1) is 0 Å². The average Bonchev–Trinajstić information content (AvgIpc) is 2.30. The van der Waals surface area contributed by atoms with Crippen molar-refractivity contribution in [1.29, 1.82) is 0 Å². The Balaban J connectivity index is 2.60. The maximum atomic E-state index is 5.85. The lowest BCUT2D eigenvalue weighted by Crippen LogP contribution is -2.33. The summed E-state index contributed by atoms with van der Waals surface area (Å²) in [5.41, 5.74) is 1.29. The van der Waals surface area contributed by atoms with Gasteiger partial charge in [-0.05, 0) is 31.2 Å².